The van der Waals surface area contributed by atoms with Crippen LogP contribution in [0.1, 0.15) is 21.8 Å². The van der Waals surface area contributed by atoms with Crippen LogP contribution in [-0.4, -0.2) is 25.4 Å². The average Bonchev–Trinajstić information content (AvgIpc) is 2.83. The van der Waals surface area contributed by atoms with Gasteiger partial charge in [0.05, 0.1) is 10.3 Å². The van der Waals surface area contributed by atoms with Crippen LogP contribution in [0.3, 0.4) is 0 Å². The first-order valence-electron chi connectivity index (χ1n) is 7.78. The van der Waals surface area contributed by atoms with E-state index in [-0.39, 0.29) is 4.90 Å². The molecule has 0 fully saturated rings. The van der Waals surface area contributed by atoms with Crippen LogP contribution in [0.25, 0.3) is 10.2 Å². The third-order valence-corrected chi connectivity index (χ3v) is 6.81. The Hall–Kier alpha value is -2.03. The summed E-state index contributed by atoms with van der Waals surface area (Å²) in [6.45, 7) is 7.73. The third-order valence-electron chi connectivity index (χ3n) is 4.15. The van der Waals surface area contributed by atoms with Crippen molar-refractivity contribution >= 4 is 43.1 Å². The highest BCUT2D eigenvalue weighted by atomic mass is 32.2. The zero-order chi connectivity index (χ0) is 18.4. The Kier molecular flexibility index (Phi) is 4.52. The number of hydrogen-bond acceptors (Lipinski definition) is 6. The van der Waals surface area contributed by atoms with Crippen molar-refractivity contribution in [2.24, 2.45) is 0 Å². The molecule has 0 unspecified atom stereocenters. The molecular weight excluding hydrogens is 356 g/mol. The van der Waals surface area contributed by atoms with E-state index < -0.39 is 10.0 Å². The maximum absolute atomic E-state index is 12.2. The van der Waals surface area contributed by atoms with E-state index in [4.69, 9.17) is 0 Å². The van der Waals surface area contributed by atoms with E-state index in [1.165, 1.54) is 11.9 Å². The Morgan fingerprint density at radius 1 is 1.08 bits per heavy atom. The van der Waals surface area contributed by atoms with Crippen LogP contribution in [0.2, 0.25) is 0 Å². The SMILES string of the molecule is CNS(=O)(=O)c1cc(Nc2nc(C)nc3sc(C)c(C)c23)ccc1C. The molecule has 0 radical (unpaired) electrons. The smallest absolute Gasteiger partial charge is 0.240 e. The van der Waals surface area contributed by atoms with Crippen molar-refractivity contribution in [3.63, 3.8) is 0 Å². The molecule has 1 aromatic carbocycles. The summed E-state index contributed by atoms with van der Waals surface area (Å²) in [5, 5.41) is 4.25. The number of thiophene rings is 1. The summed E-state index contributed by atoms with van der Waals surface area (Å²) in [6.07, 6.45) is 0. The molecule has 25 heavy (non-hydrogen) atoms. The van der Waals surface area contributed by atoms with Crippen LogP contribution >= 0.6 is 11.3 Å². The Balaban J connectivity index is 2.13. The summed E-state index contributed by atoms with van der Waals surface area (Å²) in [5.74, 6) is 1.37. The van der Waals surface area contributed by atoms with E-state index >= 15 is 0 Å². The fourth-order valence-electron chi connectivity index (χ4n) is 2.66. The van der Waals surface area contributed by atoms with Gasteiger partial charge in [-0.2, -0.15) is 0 Å². The summed E-state index contributed by atoms with van der Waals surface area (Å²) in [4.78, 5) is 11.4. The Labute approximate surface area is 151 Å². The van der Waals surface area contributed by atoms with Crippen molar-refractivity contribution in [1.82, 2.24) is 14.7 Å². The Morgan fingerprint density at radius 2 is 1.80 bits per heavy atom. The minimum Gasteiger partial charge on any atom is -0.340 e. The molecule has 0 aliphatic rings. The highest BCUT2D eigenvalue weighted by Crippen LogP contribution is 2.34. The van der Waals surface area contributed by atoms with Gasteiger partial charge in [-0.05, 0) is 58.0 Å². The highest BCUT2D eigenvalue weighted by Gasteiger charge is 2.17. The van der Waals surface area contributed by atoms with E-state index in [1.807, 2.05) is 19.9 Å². The van der Waals surface area contributed by atoms with Gasteiger partial charge in [-0.15, -0.1) is 11.3 Å². The molecule has 0 aliphatic heterocycles. The number of benzene rings is 1. The van der Waals surface area contributed by atoms with Gasteiger partial charge in [0.15, 0.2) is 0 Å². The number of fused-ring (bicyclic) bond motifs is 1. The maximum Gasteiger partial charge on any atom is 0.240 e. The minimum absolute atomic E-state index is 0.250. The van der Waals surface area contributed by atoms with Gasteiger partial charge in [0.2, 0.25) is 10.0 Å². The number of anilines is 2. The molecule has 3 aromatic rings. The lowest BCUT2D eigenvalue weighted by atomic mass is 10.2. The monoisotopic (exact) mass is 376 g/mol. The number of hydrogen-bond donors (Lipinski definition) is 2. The highest BCUT2D eigenvalue weighted by molar-refractivity contribution is 7.89. The maximum atomic E-state index is 12.2. The van der Waals surface area contributed by atoms with Crippen LogP contribution in [0.15, 0.2) is 23.1 Å². The molecular formula is C17H20N4O2S2. The van der Waals surface area contributed by atoms with Gasteiger partial charge in [0.25, 0.3) is 0 Å². The topological polar surface area (TPSA) is 84.0 Å². The predicted molar refractivity (Wildman–Crippen MR) is 102 cm³/mol. The van der Waals surface area contributed by atoms with Gasteiger partial charge in [0, 0.05) is 10.6 Å². The van der Waals surface area contributed by atoms with Gasteiger partial charge in [0.1, 0.15) is 16.5 Å². The van der Waals surface area contributed by atoms with E-state index in [0.717, 1.165) is 15.8 Å². The van der Waals surface area contributed by atoms with E-state index in [2.05, 4.69) is 26.9 Å². The molecule has 0 atom stereocenters. The van der Waals surface area contributed by atoms with Gasteiger partial charge in [-0.25, -0.2) is 23.1 Å². The van der Waals surface area contributed by atoms with Crippen molar-refractivity contribution in [3.05, 3.63) is 40.0 Å². The molecule has 132 valence electrons. The number of rotatable bonds is 4. The lowest BCUT2D eigenvalue weighted by molar-refractivity contribution is 0.587. The molecule has 0 saturated carbocycles. The second-order valence-corrected chi connectivity index (χ2v) is 8.95. The van der Waals surface area contributed by atoms with Gasteiger partial charge in [-0.3, -0.25) is 0 Å². The number of sulfonamides is 1. The van der Waals surface area contributed by atoms with Crippen LogP contribution in [0, 0.1) is 27.7 Å². The summed E-state index contributed by atoms with van der Waals surface area (Å²) in [7, 11) is -2.11. The van der Waals surface area contributed by atoms with Crippen LogP contribution < -0.4 is 10.0 Å². The fourth-order valence-corrected chi connectivity index (χ4v) is 4.73. The largest absolute Gasteiger partial charge is 0.340 e. The second kappa shape index (κ2) is 6.36. The van der Waals surface area contributed by atoms with Crippen LogP contribution in [0.5, 0.6) is 0 Å². The molecule has 2 N–H and O–H groups in total. The lowest BCUT2D eigenvalue weighted by Crippen LogP contribution is -2.19. The number of aryl methyl sites for hydroxylation is 4. The summed E-state index contributed by atoms with van der Waals surface area (Å²) in [5.41, 5.74) is 2.49. The molecule has 2 heterocycles. The number of nitrogens with one attached hydrogen (secondary N) is 2. The predicted octanol–water partition coefficient (Wildman–Crippen LogP) is 3.58. The summed E-state index contributed by atoms with van der Waals surface area (Å²) < 4.78 is 26.7. The van der Waals surface area contributed by atoms with Crippen molar-refractivity contribution in [2.45, 2.75) is 32.6 Å². The molecule has 6 nitrogen and oxygen atoms in total. The lowest BCUT2D eigenvalue weighted by Gasteiger charge is -2.12. The molecule has 3 rings (SSSR count). The van der Waals surface area contributed by atoms with Crippen molar-refractivity contribution < 1.29 is 8.42 Å². The Morgan fingerprint density at radius 3 is 2.48 bits per heavy atom. The summed E-state index contributed by atoms with van der Waals surface area (Å²) >= 11 is 1.63. The number of nitrogens with zero attached hydrogens (tertiary/aromatic N) is 2. The van der Waals surface area contributed by atoms with E-state index in [1.54, 1.807) is 30.4 Å². The normalized spacial score (nSPS) is 11.9. The minimum atomic E-state index is -3.52. The third kappa shape index (κ3) is 3.24. The van der Waals surface area contributed by atoms with Gasteiger partial charge < -0.3 is 5.32 Å². The Bertz CT molecular complexity index is 1070. The molecule has 0 saturated heterocycles. The van der Waals surface area contributed by atoms with E-state index in [0.29, 0.717) is 22.9 Å². The molecule has 8 heteroatoms. The quantitative estimate of drug-likeness (QED) is 0.727. The molecule has 2 aromatic heterocycles. The van der Waals surface area contributed by atoms with E-state index in [9.17, 15) is 8.42 Å². The zero-order valence-corrected chi connectivity index (χ0v) is 16.4. The molecule has 0 bridgehead atoms. The van der Waals surface area contributed by atoms with Crippen molar-refractivity contribution in [3.8, 4) is 0 Å². The van der Waals surface area contributed by atoms with Crippen molar-refractivity contribution in [2.75, 3.05) is 12.4 Å². The van der Waals surface area contributed by atoms with Gasteiger partial charge >= 0.3 is 0 Å². The summed E-state index contributed by atoms with van der Waals surface area (Å²) in [6, 6.07) is 5.25. The first-order chi connectivity index (χ1) is 11.7. The molecule has 0 amide bonds. The van der Waals surface area contributed by atoms with Crippen LogP contribution in [0.4, 0.5) is 11.5 Å². The standard InChI is InChI=1S/C17H20N4O2S2/c1-9-6-7-13(8-14(9)25(22,23)18-5)21-16-15-10(2)11(3)24-17(15)20-12(4)19-16/h6-8,18H,1-5H3,(H,19,20,21). The first-order valence-corrected chi connectivity index (χ1v) is 10.1. The van der Waals surface area contributed by atoms with Gasteiger partial charge in [-0.1, -0.05) is 6.07 Å². The molecule has 0 spiro atoms. The van der Waals surface area contributed by atoms with Crippen molar-refractivity contribution in [1.29, 1.82) is 0 Å². The zero-order valence-electron chi connectivity index (χ0n) is 14.8. The second-order valence-electron chi connectivity index (χ2n) is 5.90. The molecule has 0 aliphatic carbocycles. The number of aromatic nitrogens is 2. The first kappa shape index (κ1) is 17.8. The fraction of sp³-hybridized carbons (Fsp3) is 0.294. The average molecular weight is 377 g/mol. The van der Waals surface area contributed by atoms with Crippen LogP contribution in [-0.2, 0) is 10.0 Å².